The van der Waals surface area contributed by atoms with Crippen molar-refractivity contribution in [3.05, 3.63) is 46.3 Å². The molecule has 0 saturated heterocycles. The van der Waals surface area contributed by atoms with Crippen LogP contribution in [-0.2, 0) is 0 Å². The molecule has 1 aromatic carbocycles. The SMILES string of the molecule is CCCCC(=C=Cc1ccccc1C#C[Si](C)(C)C)[Si](C)(C)C. The van der Waals surface area contributed by atoms with Crippen LogP contribution in [0, 0.1) is 11.5 Å². The van der Waals surface area contributed by atoms with Gasteiger partial charge in [0.05, 0.1) is 8.07 Å². The van der Waals surface area contributed by atoms with Crippen molar-refractivity contribution < 1.29 is 0 Å². The van der Waals surface area contributed by atoms with E-state index in [1.165, 1.54) is 30.0 Å². The minimum absolute atomic E-state index is 1.13. The summed E-state index contributed by atoms with van der Waals surface area (Å²) < 4.78 is 0. The van der Waals surface area contributed by atoms with E-state index in [0.29, 0.717) is 0 Å². The van der Waals surface area contributed by atoms with Crippen molar-refractivity contribution in [1.82, 2.24) is 0 Å². The van der Waals surface area contributed by atoms with Gasteiger partial charge in [0.1, 0.15) is 8.07 Å². The zero-order chi connectivity index (χ0) is 17.5. The molecule has 0 spiro atoms. The summed E-state index contributed by atoms with van der Waals surface area (Å²) in [5.74, 6) is 3.40. The third kappa shape index (κ3) is 7.70. The maximum absolute atomic E-state index is 3.65. The number of rotatable bonds is 5. The lowest BCUT2D eigenvalue weighted by atomic mass is 10.1. The standard InChI is InChI=1S/C21H32Si2/c1-8-9-14-21(23(5,6)7)16-15-19-12-10-11-13-20(19)17-18-22(2,3)4/h10-13,15H,8-9,14H2,1-7H3. The molecular formula is C21H32Si2. The van der Waals surface area contributed by atoms with Crippen LogP contribution in [0.25, 0.3) is 6.08 Å². The number of benzene rings is 1. The van der Waals surface area contributed by atoms with E-state index in [2.05, 4.69) is 93.7 Å². The first kappa shape index (κ1) is 19.8. The molecule has 124 valence electrons. The molecule has 0 aromatic heterocycles. The van der Waals surface area contributed by atoms with E-state index in [1.54, 1.807) is 0 Å². The highest BCUT2D eigenvalue weighted by molar-refractivity contribution is 6.84. The lowest BCUT2D eigenvalue weighted by molar-refractivity contribution is 0.804. The van der Waals surface area contributed by atoms with Gasteiger partial charge in [-0.1, -0.05) is 76.7 Å². The van der Waals surface area contributed by atoms with Gasteiger partial charge in [-0.3, -0.25) is 0 Å². The average molecular weight is 341 g/mol. The fraction of sp³-hybridized carbons (Fsp3) is 0.476. The maximum Gasteiger partial charge on any atom is 0.129 e. The minimum atomic E-state index is -1.35. The van der Waals surface area contributed by atoms with Crippen molar-refractivity contribution in [3.8, 4) is 11.5 Å². The Morgan fingerprint density at radius 3 is 2.26 bits per heavy atom. The lowest BCUT2D eigenvalue weighted by Gasteiger charge is -2.18. The summed E-state index contributed by atoms with van der Waals surface area (Å²) >= 11 is 0. The number of hydrogen-bond acceptors (Lipinski definition) is 0. The molecule has 0 atom stereocenters. The fourth-order valence-electron chi connectivity index (χ4n) is 2.17. The highest BCUT2D eigenvalue weighted by Crippen LogP contribution is 2.20. The first-order chi connectivity index (χ1) is 10.6. The van der Waals surface area contributed by atoms with Crippen LogP contribution in [0.15, 0.2) is 35.2 Å². The molecule has 0 heterocycles. The van der Waals surface area contributed by atoms with Crippen LogP contribution >= 0.6 is 0 Å². The van der Waals surface area contributed by atoms with Crippen LogP contribution in [0.2, 0.25) is 39.3 Å². The molecule has 0 aliphatic heterocycles. The molecule has 0 unspecified atom stereocenters. The van der Waals surface area contributed by atoms with Crippen LogP contribution in [0.3, 0.4) is 0 Å². The molecule has 0 bridgehead atoms. The van der Waals surface area contributed by atoms with E-state index >= 15 is 0 Å². The Bertz CT molecular complexity index is 637. The first-order valence-electron chi connectivity index (χ1n) is 8.72. The van der Waals surface area contributed by atoms with Gasteiger partial charge in [0.15, 0.2) is 0 Å². The summed E-state index contributed by atoms with van der Waals surface area (Å²) in [5.41, 5.74) is 9.45. The molecular weight excluding hydrogens is 308 g/mol. The molecule has 0 fully saturated rings. The Balaban J connectivity index is 3.24. The topological polar surface area (TPSA) is 0 Å². The van der Waals surface area contributed by atoms with Crippen molar-refractivity contribution in [3.63, 3.8) is 0 Å². The van der Waals surface area contributed by atoms with E-state index in [4.69, 9.17) is 0 Å². The van der Waals surface area contributed by atoms with Crippen molar-refractivity contribution in [2.24, 2.45) is 0 Å². The highest BCUT2D eigenvalue weighted by atomic mass is 28.3. The molecule has 1 rings (SSSR count). The Kier molecular flexibility index (Phi) is 7.35. The summed E-state index contributed by atoms with van der Waals surface area (Å²) in [6.45, 7) is 16.3. The average Bonchev–Trinajstić information content (AvgIpc) is 2.44. The second-order valence-corrected chi connectivity index (χ2v) is 18.1. The van der Waals surface area contributed by atoms with Gasteiger partial charge in [0, 0.05) is 5.56 Å². The highest BCUT2D eigenvalue weighted by Gasteiger charge is 2.18. The molecule has 0 aliphatic rings. The predicted octanol–water partition coefficient (Wildman–Crippen LogP) is 6.52. The van der Waals surface area contributed by atoms with Crippen molar-refractivity contribution in [2.75, 3.05) is 0 Å². The van der Waals surface area contributed by atoms with E-state index in [0.717, 1.165) is 5.56 Å². The van der Waals surface area contributed by atoms with Crippen LogP contribution < -0.4 is 0 Å². The van der Waals surface area contributed by atoms with Crippen LogP contribution in [0.1, 0.15) is 37.3 Å². The van der Waals surface area contributed by atoms with Gasteiger partial charge < -0.3 is 0 Å². The molecule has 0 N–H and O–H groups in total. The second-order valence-electron chi connectivity index (χ2n) is 8.21. The van der Waals surface area contributed by atoms with Crippen LogP contribution in [0.4, 0.5) is 0 Å². The van der Waals surface area contributed by atoms with Gasteiger partial charge in [0.25, 0.3) is 0 Å². The number of allylic oxidation sites excluding steroid dienone is 1. The number of hydrogen-bond donors (Lipinski definition) is 0. The smallest absolute Gasteiger partial charge is 0.127 e. The molecule has 0 radical (unpaired) electrons. The monoisotopic (exact) mass is 340 g/mol. The zero-order valence-electron chi connectivity index (χ0n) is 16.0. The Labute approximate surface area is 145 Å². The summed E-state index contributed by atoms with van der Waals surface area (Å²) in [4.78, 5) is 0. The van der Waals surface area contributed by atoms with Gasteiger partial charge in [-0.05, 0) is 35.7 Å². The van der Waals surface area contributed by atoms with Gasteiger partial charge in [-0.2, -0.15) is 0 Å². The largest absolute Gasteiger partial charge is 0.129 e. The Hall–Kier alpha value is -1.27. The van der Waals surface area contributed by atoms with E-state index in [1.807, 2.05) is 0 Å². The zero-order valence-corrected chi connectivity index (χ0v) is 18.0. The lowest BCUT2D eigenvalue weighted by Crippen LogP contribution is -2.23. The maximum atomic E-state index is 3.65. The fourth-order valence-corrected chi connectivity index (χ4v) is 4.12. The van der Waals surface area contributed by atoms with E-state index in [-0.39, 0.29) is 0 Å². The molecule has 23 heavy (non-hydrogen) atoms. The quantitative estimate of drug-likeness (QED) is 0.325. The Morgan fingerprint density at radius 1 is 1.04 bits per heavy atom. The van der Waals surface area contributed by atoms with Crippen molar-refractivity contribution in [2.45, 2.75) is 65.5 Å². The van der Waals surface area contributed by atoms with Gasteiger partial charge in [-0.15, -0.1) is 11.3 Å². The summed E-state index contributed by atoms with van der Waals surface area (Å²) in [6, 6.07) is 8.45. The first-order valence-corrected chi connectivity index (χ1v) is 15.7. The van der Waals surface area contributed by atoms with Crippen molar-refractivity contribution in [1.29, 1.82) is 0 Å². The van der Waals surface area contributed by atoms with Crippen molar-refractivity contribution >= 4 is 22.2 Å². The summed E-state index contributed by atoms with van der Waals surface area (Å²) in [7, 11) is -2.65. The van der Waals surface area contributed by atoms with Gasteiger partial charge >= 0.3 is 0 Å². The minimum Gasteiger partial charge on any atom is -0.127 e. The molecule has 0 nitrogen and oxygen atoms in total. The molecule has 0 saturated carbocycles. The Morgan fingerprint density at radius 2 is 1.70 bits per heavy atom. The molecule has 0 amide bonds. The third-order valence-electron chi connectivity index (χ3n) is 3.62. The predicted molar refractivity (Wildman–Crippen MR) is 111 cm³/mol. The molecule has 0 aliphatic carbocycles. The van der Waals surface area contributed by atoms with Crippen LogP contribution in [-0.4, -0.2) is 16.1 Å². The van der Waals surface area contributed by atoms with E-state index < -0.39 is 16.1 Å². The van der Waals surface area contributed by atoms with Crippen LogP contribution in [0.5, 0.6) is 0 Å². The molecule has 2 heteroatoms. The molecule has 1 aromatic rings. The second kappa shape index (κ2) is 8.55. The van der Waals surface area contributed by atoms with Gasteiger partial charge in [-0.25, -0.2) is 0 Å². The summed E-state index contributed by atoms with van der Waals surface area (Å²) in [6.07, 6.45) is 5.86. The number of unbranched alkanes of at least 4 members (excludes halogenated alkanes) is 1. The summed E-state index contributed by atoms with van der Waals surface area (Å²) in [5, 5.41) is 1.53. The van der Waals surface area contributed by atoms with Gasteiger partial charge in [0.2, 0.25) is 0 Å². The van der Waals surface area contributed by atoms with E-state index in [9.17, 15) is 0 Å². The normalized spacial score (nSPS) is 11.3. The third-order valence-corrected chi connectivity index (χ3v) is 6.70.